The van der Waals surface area contributed by atoms with Crippen LogP contribution >= 0.6 is 0 Å². The summed E-state index contributed by atoms with van der Waals surface area (Å²) in [5.74, 6) is 1.77. The molecule has 0 radical (unpaired) electrons. The van der Waals surface area contributed by atoms with Gasteiger partial charge in [0.25, 0.3) is 0 Å². The smallest absolute Gasteiger partial charge is 0.234 e. The zero-order valence-electron chi connectivity index (χ0n) is 12.5. The number of hydrogen-bond donors (Lipinski definition) is 2. The van der Waals surface area contributed by atoms with Gasteiger partial charge in [0.15, 0.2) is 0 Å². The first kappa shape index (κ1) is 14.8. The van der Waals surface area contributed by atoms with Crippen LogP contribution in [-0.2, 0) is 4.79 Å². The fraction of sp³-hybridized carbons (Fsp3) is 0.933. The molecule has 2 fully saturated rings. The van der Waals surface area contributed by atoms with Gasteiger partial charge in [-0.25, -0.2) is 0 Å². The summed E-state index contributed by atoms with van der Waals surface area (Å²) in [6.07, 6.45) is 5.31. The van der Waals surface area contributed by atoms with E-state index in [1.54, 1.807) is 0 Å². The van der Waals surface area contributed by atoms with Gasteiger partial charge in [-0.15, -0.1) is 0 Å². The van der Waals surface area contributed by atoms with E-state index in [0.717, 1.165) is 24.9 Å². The second kappa shape index (κ2) is 7.25. The maximum Gasteiger partial charge on any atom is 0.234 e. The van der Waals surface area contributed by atoms with Gasteiger partial charge in [0, 0.05) is 19.1 Å². The largest absolute Gasteiger partial charge is 0.353 e. The monoisotopic (exact) mass is 267 g/mol. The Kier molecular flexibility index (Phi) is 5.64. The van der Waals surface area contributed by atoms with Crippen molar-refractivity contribution in [1.29, 1.82) is 0 Å². The summed E-state index contributed by atoms with van der Waals surface area (Å²) in [6.45, 7) is 9.15. The van der Waals surface area contributed by atoms with Gasteiger partial charge in [0.1, 0.15) is 0 Å². The lowest BCUT2D eigenvalue weighted by molar-refractivity contribution is -0.120. The minimum Gasteiger partial charge on any atom is -0.353 e. The van der Waals surface area contributed by atoms with Crippen LogP contribution in [0.2, 0.25) is 0 Å². The molecule has 0 aromatic rings. The molecule has 2 aliphatic rings. The van der Waals surface area contributed by atoms with Crippen molar-refractivity contribution < 1.29 is 4.79 Å². The summed E-state index contributed by atoms with van der Waals surface area (Å²) >= 11 is 0. The third-order valence-electron chi connectivity index (χ3n) is 4.32. The Balaban J connectivity index is 1.56. The topological polar surface area (TPSA) is 44.4 Å². The molecule has 1 amide bonds. The highest BCUT2D eigenvalue weighted by Crippen LogP contribution is 2.27. The lowest BCUT2D eigenvalue weighted by Gasteiger charge is -2.35. The highest BCUT2D eigenvalue weighted by atomic mass is 16.1. The molecule has 1 aliphatic carbocycles. The van der Waals surface area contributed by atoms with Crippen LogP contribution in [0, 0.1) is 11.8 Å². The number of nitrogens with one attached hydrogen (secondary N) is 2. The van der Waals surface area contributed by atoms with Gasteiger partial charge in [0.05, 0.1) is 6.54 Å². The second-order valence-electron chi connectivity index (χ2n) is 6.47. The second-order valence-corrected chi connectivity index (χ2v) is 6.47. The van der Waals surface area contributed by atoms with Gasteiger partial charge in [-0.2, -0.15) is 0 Å². The number of likely N-dealkylation sites (tertiary alicyclic amines) is 1. The Morgan fingerprint density at radius 2 is 2.16 bits per heavy atom. The Hall–Kier alpha value is -0.610. The highest BCUT2D eigenvalue weighted by Gasteiger charge is 2.22. The fourth-order valence-corrected chi connectivity index (χ4v) is 2.79. The molecule has 0 bridgehead atoms. The van der Waals surface area contributed by atoms with Crippen molar-refractivity contribution in [2.75, 3.05) is 32.7 Å². The first-order valence-electron chi connectivity index (χ1n) is 7.86. The first-order valence-corrected chi connectivity index (χ1v) is 7.86. The molecule has 0 aromatic heterocycles. The first-order chi connectivity index (χ1) is 9.15. The number of hydrogen-bond acceptors (Lipinski definition) is 3. The number of carbonyl (C=O) groups is 1. The van der Waals surface area contributed by atoms with Crippen LogP contribution in [0.5, 0.6) is 0 Å². The number of carbonyl (C=O) groups excluding carboxylic acids is 1. The Morgan fingerprint density at radius 3 is 2.84 bits per heavy atom. The molecule has 1 saturated heterocycles. The van der Waals surface area contributed by atoms with Crippen LogP contribution in [0.4, 0.5) is 0 Å². The lowest BCUT2D eigenvalue weighted by atomic mass is 9.99. The van der Waals surface area contributed by atoms with Crippen molar-refractivity contribution in [2.45, 2.75) is 45.6 Å². The van der Waals surface area contributed by atoms with E-state index in [1.165, 1.54) is 38.8 Å². The van der Waals surface area contributed by atoms with Gasteiger partial charge in [-0.3, -0.25) is 9.69 Å². The van der Waals surface area contributed by atoms with E-state index in [9.17, 15) is 4.79 Å². The van der Waals surface area contributed by atoms with Crippen molar-refractivity contribution in [3.8, 4) is 0 Å². The molecule has 110 valence electrons. The Morgan fingerprint density at radius 1 is 1.37 bits per heavy atom. The molecular weight excluding hydrogens is 238 g/mol. The van der Waals surface area contributed by atoms with Crippen LogP contribution in [-0.4, -0.2) is 49.6 Å². The summed E-state index contributed by atoms with van der Waals surface area (Å²) in [5, 5.41) is 6.28. The highest BCUT2D eigenvalue weighted by molar-refractivity contribution is 5.77. The van der Waals surface area contributed by atoms with Crippen LogP contribution in [0.25, 0.3) is 0 Å². The molecule has 1 heterocycles. The molecule has 1 aliphatic heterocycles. The zero-order valence-corrected chi connectivity index (χ0v) is 12.5. The normalized spacial score (nSPS) is 26.1. The average molecular weight is 267 g/mol. The van der Waals surface area contributed by atoms with E-state index in [1.807, 2.05) is 0 Å². The van der Waals surface area contributed by atoms with E-state index in [-0.39, 0.29) is 5.91 Å². The van der Waals surface area contributed by atoms with Crippen LogP contribution < -0.4 is 10.6 Å². The number of rotatable bonds is 7. The molecule has 4 heteroatoms. The van der Waals surface area contributed by atoms with E-state index >= 15 is 0 Å². The molecular formula is C15H29N3O. The fourth-order valence-electron chi connectivity index (χ4n) is 2.79. The molecule has 19 heavy (non-hydrogen) atoms. The van der Waals surface area contributed by atoms with E-state index in [2.05, 4.69) is 29.4 Å². The van der Waals surface area contributed by atoms with Crippen molar-refractivity contribution in [3.63, 3.8) is 0 Å². The molecule has 0 aromatic carbocycles. The third-order valence-corrected chi connectivity index (χ3v) is 4.32. The van der Waals surface area contributed by atoms with E-state index < -0.39 is 0 Å². The van der Waals surface area contributed by atoms with E-state index in [0.29, 0.717) is 12.6 Å². The lowest BCUT2D eigenvalue weighted by Crippen LogP contribution is -2.47. The predicted octanol–water partition coefficient (Wildman–Crippen LogP) is 1.22. The van der Waals surface area contributed by atoms with Gasteiger partial charge in [0.2, 0.25) is 5.91 Å². The number of nitrogens with zero attached hydrogens (tertiary/aromatic N) is 1. The molecule has 2 unspecified atom stereocenters. The summed E-state index contributed by atoms with van der Waals surface area (Å²) in [5.41, 5.74) is 0. The van der Waals surface area contributed by atoms with Crippen LogP contribution in [0.1, 0.15) is 39.5 Å². The average Bonchev–Trinajstić information content (AvgIpc) is 3.20. The number of piperidine rings is 1. The zero-order chi connectivity index (χ0) is 13.7. The van der Waals surface area contributed by atoms with Crippen molar-refractivity contribution in [2.24, 2.45) is 11.8 Å². The summed E-state index contributed by atoms with van der Waals surface area (Å²) in [7, 11) is 0. The minimum atomic E-state index is 0.137. The molecule has 1 saturated carbocycles. The predicted molar refractivity (Wildman–Crippen MR) is 78.0 cm³/mol. The SMILES string of the molecule is CC1CCCN(C(C)CNC(=O)CNCC2CC2)C1. The van der Waals surface area contributed by atoms with Crippen molar-refractivity contribution in [3.05, 3.63) is 0 Å². The summed E-state index contributed by atoms with van der Waals surface area (Å²) in [6, 6.07) is 0.454. The maximum absolute atomic E-state index is 11.7. The van der Waals surface area contributed by atoms with Crippen molar-refractivity contribution >= 4 is 5.91 Å². The summed E-state index contributed by atoms with van der Waals surface area (Å²) in [4.78, 5) is 14.2. The molecule has 0 spiro atoms. The quantitative estimate of drug-likeness (QED) is 0.729. The van der Waals surface area contributed by atoms with Crippen LogP contribution in [0.15, 0.2) is 0 Å². The Labute approximate surface area is 117 Å². The standard InChI is InChI=1S/C15H29N3O/c1-12-4-3-7-18(11-12)13(2)8-17-15(19)10-16-9-14-5-6-14/h12-14,16H,3-11H2,1-2H3,(H,17,19). The van der Waals surface area contributed by atoms with Gasteiger partial charge >= 0.3 is 0 Å². The minimum absolute atomic E-state index is 0.137. The molecule has 4 nitrogen and oxygen atoms in total. The van der Waals surface area contributed by atoms with Gasteiger partial charge in [-0.1, -0.05) is 6.92 Å². The van der Waals surface area contributed by atoms with Gasteiger partial charge < -0.3 is 10.6 Å². The third kappa shape index (κ3) is 5.49. The van der Waals surface area contributed by atoms with Crippen molar-refractivity contribution in [1.82, 2.24) is 15.5 Å². The molecule has 2 rings (SSSR count). The Bertz CT molecular complexity index is 291. The van der Waals surface area contributed by atoms with Gasteiger partial charge in [-0.05, 0) is 57.5 Å². The molecule has 2 N–H and O–H groups in total. The maximum atomic E-state index is 11.7. The van der Waals surface area contributed by atoms with Crippen LogP contribution in [0.3, 0.4) is 0 Å². The van der Waals surface area contributed by atoms with E-state index in [4.69, 9.17) is 0 Å². The number of amides is 1. The molecule has 2 atom stereocenters. The summed E-state index contributed by atoms with van der Waals surface area (Å²) < 4.78 is 0.